The van der Waals surface area contributed by atoms with Gasteiger partial charge in [0.25, 0.3) is 0 Å². The summed E-state index contributed by atoms with van der Waals surface area (Å²) in [7, 11) is 2.14. The molecule has 3 nitrogen and oxygen atoms in total. The molecule has 1 heterocycles. The van der Waals surface area contributed by atoms with Crippen LogP contribution in [0.25, 0.3) is 0 Å². The summed E-state index contributed by atoms with van der Waals surface area (Å²) in [5.41, 5.74) is 2.60. The van der Waals surface area contributed by atoms with Crippen molar-refractivity contribution < 1.29 is 5.11 Å². The van der Waals surface area contributed by atoms with Crippen LogP contribution in [0, 0.1) is 0 Å². The van der Waals surface area contributed by atoms with E-state index in [9.17, 15) is 5.11 Å². The SMILES string of the molecule is CCc1ccc(N2C(C)CCN(C)CC2CO)cc1. The first kappa shape index (κ1) is 14.4. The van der Waals surface area contributed by atoms with Crippen molar-refractivity contribution in [1.29, 1.82) is 0 Å². The van der Waals surface area contributed by atoms with Crippen molar-refractivity contribution in [2.24, 2.45) is 0 Å². The van der Waals surface area contributed by atoms with E-state index in [4.69, 9.17) is 0 Å². The van der Waals surface area contributed by atoms with Gasteiger partial charge in [0.2, 0.25) is 0 Å². The number of aliphatic hydroxyl groups excluding tert-OH is 1. The Labute approximate surface area is 116 Å². The molecule has 1 saturated heterocycles. The molecule has 0 aliphatic carbocycles. The van der Waals surface area contributed by atoms with E-state index in [1.165, 1.54) is 11.3 Å². The van der Waals surface area contributed by atoms with Gasteiger partial charge >= 0.3 is 0 Å². The molecule has 106 valence electrons. The van der Waals surface area contributed by atoms with Crippen LogP contribution in [-0.4, -0.2) is 48.8 Å². The molecule has 0 amide bonds. The number of hydrogen-bond donors (Lipinski definition) is 1. The highest BCUT2D eigenvalue weighted by Crippen LogP contribution is 2.25. The molecule has 19 heavy (non-hydrogen) atoms. The van der Waals surface area contributed by atoms with Gasteiger partial charge in [-0.15, -0.1) is 0 Å². The van der Waals surface area contributed by atoms with Crippen molar-refractivity contribution in [3.05, 3.63) is 29.8 Å². The highest BCUT2D eigenvalue weighted by molar-refractivity contribution is 5.50. The van der Waals surface area contributed by atoms with Gasteiger partial charge in [-0.1, -0.05) is 19.1 Å². The first-order valence-corrected chi connectivity index (χ1v) is 7.32. The Hall–Kier alpha value is -1.06. The molecule has 2 unspecified atom stereocenters. The van der Waals surface area contributed by atoms with Crippen LogP contribution in [0.2, 0.25) is 0 Å². The number of likely N-dealkylation sites (N-methyl/N-ethyl adjacent to an activating group) is 1. The van der Waals surface area contributed by atoms with Crippen LogP contribution in [0.4, 0.5) is 5.69 Å². The Balaban J connectivity index is 2.26. The molecule has 1 fully saturated rings. The lowest BCUT2D eigenvalue weighted by Crippen LogP contribution is -2.46. The second-order valence-corrected chi connectivity index (χ2v) is 5.66. The lowest BCUT2D eigenvalue weighted by atomic mass is 10.1. The summed E-state index contributed by atoms with van der Waals surface area (Å²) in [6.07, 6.45) is 2.21. The van der Waals surface area contributed by atoms with Gasteiger partial charge in [0.15, 0.2) is 0 Å². The maximum absolute atomic E-state index is 9.72. The first-order valence-electron chi connectivity index (χ1n) is 7.32. The van der Waals surface area contributed by atoms with E-state index in [2.05, 4.69) is 55.0 Å². The molecule has 1 aliphatic rings. The molecular formula is C16H26N2O. The standard InChI is InChI=1S/C16H26N2O/c1-4-14-5-7-15(8-6-14)18-13(2)9-10-17(3)11-16(18)12-19/h5-8,13,16,19H,4,9-12H2,1-3H3. The lowest BCUT2D eigenvalue weighted by Gasteiger charge is -2.36. The van der Waals surface area contributed by atoms with Crippen LogP contribution in [0.15, 0.2) is 24.3 Å². The zero-order valence-corrected chi connectivity index (χ0v) is 12.3. The third-order valence-corrected chi connectivity index (χ3v) is 4.17. The zero-order valence-electron chi connectivity index (χ0n) is 12.3. The summed E-state index contributed by atoms with van der Waals surface area (Å²) in [5, 5.41) is 9.72. The van der Waals surface area contributed by atoms with E-state index >= 15 is 0 Å². The summed E-state index contributed by atoms with van der Waals surface area (Å²) >= 11 is 0. The third-order valence-electron chi connectivity index (χ3n) is 4.17. The van der Waals surface area contributed by atoms with Crippen LogP contribution in [0.1, 0.15) is 25.8 Å². The average molecular weight is 262 g/mol. The van der Waals surface area contributed by atoms with Gasteiger partial charge in [-0.25, -0.2) is 0 Å². The van der Waals surface area contributed by atoms with Crippen molar-refractivity contribution >= 4 is 5.69 Å². The van der Waals surface area contributed by atoms with Gasteiger partial charge in [-0.05, 0) is 51.1 Å². The summed E-state index contributed by atoms with van der Waals surface area (Å²) in [5.74, 6) is 0. The summed E-state index contributed by atoms with van der Waals surface area (Å²) in [6, 6.07) is 9.45. The van der Waals surface area contributed by atoms with Gasteiger partial charge in [0.1, 0.15) is 0 Å². The van der Waals surface area contributed by atoms with Crippen molar-refractivity contribution in [2.75, 3.05) is 31.6 Å². The fourth-order valence-electron chi connectivity index (χ4n) is 2.96. The molecule has 2 rings (SSSR count). The van der Waals surface area contributed by atoms with E-state index in [1.807, 2.05) is 0 Å². The van der Waals surface area contributed by atoms with Crippen LogP contribution in [0.3, 0.4) is 0 Å². The number of hydrogen-bond acceptors (Lipinski definition) is 3. The molecule has 3 heteroatoms. The molecule has 0 saturated carbocycles. The Morgan fingerprint density at radius 2 is 1.95 bits per heavy atom. The predicted molar refractivity (Wildman–Crippen MR) is 80.7 cm³/mol. The van der Waals surface area contributed by atoms with Gasteiger partial charge in [0, 0.05) is 18.3 Å². The quantitative estimate of drug-likeness (QED) is 0.904. The minimum Gasteiger partial charge on any atom is -0.394 e. The fourth-order valence-corrected chi connectivity index (χ4v) is 2.96. The monoisotopic (exact) mass is 262 g/mol. The minimum absolute atomic E-state index is 0.190. The Morgan fingerprint density at radius 1 is 1.26 bits per heavy atom. The number of anilines is 1. The molecular weight excluding hydrogens is 236 g/mol. The predicted octanol–water partition coefficient (Wildman–Crippen LogP) is 2.14. The average Bonchev–Trinajstić information content (AvgIpc) is 2.58. The van der Waals surface area contributed by atoms with Crippen LogP contribution in [-0.2, 0) is 6.42 Å². The highest BCUT2D eigenvalue weighted by atomic mass is 16.3. The molecule has 1 N–H and O–H groups in total. The van der Waals surface area contributed by atoms with Crippen molar-refractivity contribution in [2.45, 2.75) is 38.8 Å². The van der Waals surface area contributed by atoms with E-state index in [-0.39, 0.29) is 12.6 Å². The second kappa shape index (κ2) is 6.40. The molecule has 1 aromatic rings. The fraction of sp³-hybridized carbons (Fsp3) is 0.625. The van der Waals surface area contributed by atoms with Gasteiger partial charge in [-0.3, -0.25) is 0 Å². The Kier molecular flexibility index (Phi) is 4.83. The van der Waals surface area contributed by atoms with E-state index in [1.54, 1.807) is 0 Å². The number of aliphatic hydroxyl groups is 1. The molecule has 2 atom stereocenters. The van der Waals surface area contributed by atoms with Crippen LogP contribution >= 0.6 is 0 Å². The third kappa shape index (κ3) is 3.28. The van der Waals surface area contributed by atoms with Crippen LogP contribution in [0.5, 0.6) is 0 Å². The minimum atomic E-state index is 0.190. The number of benzene rings is 1. The molecule has 0 spiro atoms. The Morgan fingerprint density at radius 3 is 2.53 bits per heavy atom. The normalized spacial score (nSPS) is 25.4. The topological polar surface area (TPSA) is 26.7 Å². The molecule has 0 aromatic heterocycles. The smallest absolute Gasteiger partial charge is 0.0650 e. The van der Waals surface area contributed by atoms with Crippen molar-refractivity contribution in [1.82, 2.24) is 4.90 Å². The van der Waals surface area contributed by atoms with Crippen LogP contribution < -0.4 is 4.90 Å². The maximum Gasteiger partial charge on any atom is 0.0650 e. The van der Waals surface area contributed by atoms with Gasteiger partial charge in [-0.2, -0.15) is 0 Å². The van der Waals surface area contributed by atoms with E-state index in [0.29, 0.717) is 6.04 Å². The molecule has 1 aromatic carbocycles. The Bertz CT molecular complexity index is 390. The second-order valence-electron chi connectivity index (χ2n) is 5.66. The maximum atomic E-state index is 9.72. The van der Waals surface area contributed by atoms with Crippen molar-refractivity contribution in [3.8, 4) is 0 Å². The van der Waals surface area contributed by atoms with E-state index in [0.717, 1.165) is 25.9 Å². The number of nitrogens with zero attached hydrogens (tertiary/aromatic N) is 2. The largest absolute Gasteiger partial charge is 0.394 e. The van der Waals surface area contributed by atoms with E-state index < -0.39 is 0 Å². The van der Waals surface area contributed by atoms with Gasteiger partial charge in [0.05, 0.1) is 12.6 Å². The molecule has 0 bridgehead atoms. The number of aryl methyl sites for hydroxylation is 1. The molecule has 1 aliphatic heterocycles. The summed E-state index contributed by atoms with van der Waals surface area (Å²) in [6.45, 7) is 6.67. The van der Waals surface area contributed by atoms with Gasteiger partial charge < -0.3 is 14.9 Å². The summed E-state index contributed by atoms with van der Waals surface area (Å²) < 4.78 is 0. The highest BCUT2D eigenvalue weighted by Gasteiger charge is 2.27. The van der Waals surface area contributed by atoms with Crippen molar-refractivity contribution in [3.63, 3.8) is 0 Å². The number of rotatable bonds is 3. The zero-order chi connectivity index (χ0) is 13.8. The molecule has 0 radical (unpaired) electrons. The first-order chi connectivity index (χ1) is 9.15. The lowest BCUT2D eigenvalue weighted by molar-refractivity contribution is 0.228. The summed E-state index contributed by atoms with van der Waals surface area (Å²) in [4.78, 5) is 4.71.